The van der Waals surface area contributed by atoms with Crippen molar-refractivity contribution in [2.24, 2.45) is 0 Å². The van der Waals surface area contributed by atoms with Gasteiger partial charge in [-0.05, 0) is 6.42 Å². The molecule has 0 aromatic carbocycles. The van der Waals surface area contributed by atoms with E-state index in [4.69, 9.17) is 18.5 Å². The van der Waals surface area contributed by atoms with Crippen LogP contribution in [0.4, 0.5) is 0 Å². The lowest BCUT2D eigenvalue weighted by molar-refractivity contribution is -0.870. The zero-order valence-electron chi connectivity index (χ0n) is 23.6. The van der Waals surface area contributed by atoms with Crippen molar-refractivity contribution in [1.82, 2.24) is 0 Å². The van der Waals surface area contributed by atoms with Gasteiger partial charge in [0.05, 0.1) is 34.4 Å². The van der Waals surface area contributed by atoms with Crippen LogP contribution in [0.1, 0.15) is 96.8 Å². The number of phosphoric acid groups is 1. The Morgan fingerprint density at radius 2 is 1.33 bits per heavy atom. The summed E-state index contributed by atoms with van der Waals surface area (Å²) in [6.07, 6.45) is 18.3. The number of rotatable bonds is 26. The van der Waals surface area contributed by atoms with Gasteiger partial charge in [-0.1, -0.05) is 97.0 Å². The SMILES string of the molecule is C=CC(=O)O[C@@H](COCCCCCCCCCCCCCCCC)COP(=O)(O)OCC[N+](C)(C)C. The third-order valence-electron chi connectivity index (χ3n) is 5.84. The number of ether oxygens (including phenoxy) is 2. The van der Waals surface area contributed by atoms with E-state index in [2.05, 4.69) is 13.5 Å². The van der Waals surface area contributed by atoms with Crippen molar-refractivity contribution in [1.29, 1.82) is 0 Å². The number of likely N-dealkylation sites (N-methyl/N-ethyl adjacent to an activating group) is 1. The summed E-state index contributed by atoms with van der Waals surface area (Å²) >= 11 is 0. The molecule has 2 atom stereocenters. The number of carbonyl (C=O) groups excluding carboxylic acids is 1. The molecule has 0 fully saturated rings. The number of unbranched alkanes of at least 4 members (excludes halogenated alkanes) is 13. The van der Waals surface area contributed by atoms with Gasteiger partial charge in [-0.3, -0.25) is 9.05 Å². The highest BCUT2D eigenvalue weighted by Gasteiger charge is 2.26. The average Bonchev–Trinajstić information content (AvgIpc) is 2.81. The first-order valence-electron chi connectivity index (χ1n) is 13.9. The first-order chi connectivity index (χ1) is 17.1. The van der Waals surface area contributed by atoms with E-state index in [0.717, 1.165) is 18.9 Å². The van der Waals surface area contributed by atoms with E-state index in [9.17, 15) is 14.3 Å². The summed E-state index contributed by atoms with van der Waals surface area (Å²) in [7, 11) is 1.61. The van der Waals surface area contributed by atoms with E-state index in [0.29, 0.717) is 17.6 Å². The maximum atomic E-state index is 12.1. The number of hydrogen-bond donors (Lipinski definition) is 1. The second-order valence-electron chi connectivity index (χ2n) is 10.5. The topological polar surface area (TPSA) is 91.3 Å². The van der Waals surface area contributed by atoms with Gasteiger partial charge in [-0.2, -0.15) is 0 Å². The minimum absolute atomic E-state index is 0.0734. The minimum Gasteiger partial charge on any atom is -0.454 e. The Morgan fingerprint density at radius 3 is 1.81 bits per heavy atom. The molecular weight excluding hydrogens is 481 g/mol. The van der Waals surface area contributed by atoms with Crippen molar-refractivity contribution in [2.45, 2.75) is 103 Å². The fourth-order valence-electron chi connectivity index (χ4n) is 3.59. The van der Waals surface area contributed by atoms with E-state index >= 15 is 0 Å². The summed E-state index contributed by atoms with van der Waals surface area (Å²) in [5.74, 6) is -0.637. The van der Waals surface area contributed by atoms with E-state index in [-0.39, 0.29) is 19.8 Å². The molecule has 0 spiro atoms. The molecule has 0 aliphatic rings. The Bertz CT molecular complexity index is 595. The fourth-order valence-corrected chi connectivity index (χ4v) is 4.33. The van der Waals surface area contributed by atoms with Gasteiger partial charge < -0.3 is 18.9 Å². The van der Waals surface area contributed by atoms with Crippen molar-refractivity contribution in [2.75, 3.05) is 54.1 Å². The molecule has 0 bridgehead atoms. The van der Waals surface area contributed by atoms with Crippen molar-refractivity contribution in [3.05, 3.63) is 12.7 Å². The molecule has 1 unspecified atom stereocenters. The van der Waals surface area contributed by atoms with Crippen LogP contribution in [0.2, 0.25) is 0 Å². The molecule has 214 valence electrons. The third-order valence-corrected chi connectivity index (χ3v) is 6.82. The standard InChI is InChI=1S/C27H54NO7P/c1-6-8-9-10-11-12-13-14-15-16-17-18-19-20-22-32-24-26(35-27(29)7-2)25-34-36(30,31)33-23-21-28(3,4)5/h7,26H,2,6,8-25H2,1,3-5H3/p+1/t26-/m0/s1. The highest BCUT2D eigenvalue weighted by Crippen LogP contribution is 2.43. The van der Waals surface area contributed by atoms with Crippen LogP contribution in [0.25, 0.3) is 0 Å². The number of carbonyl (C=O) groups is 1. The number of phosphoric ester groups is 1. The Hall–Kier alpha value is -0.760. The van der Waals surface area contributed by atoms with Gasteiger partial charge in [0, 0.05) is 12.7 Å². The third kappa shape index (κ3) is 24.9. The summed E-state index contributed by atoms with van der Waals surface area (Å²) in [5, 5.41) is 0. The van der Waals surface area contributed by atoms with Crippen LogP contribution in [-0.2, 0) is 27.9 Å². The van der Waals surface area contributed by atoms with E-state index in [1.807, 2.05) is 21.1 Å². The van der Waals surface area contributed by atoms with Gasteiger partial charge in [0.1, 0.15) is 19.3 Å². The predicted molar refractivity (Wildman–Crippen MR) is 146 cm³/mol. The van der Waals surface area contributed by atoms with Crippen LogP contribution >= 0.6 is 7.82 Å². The lowest BCUT2D eigenvalue weighted by Gasteiger charge is -2.24. The van der Waals surface area contributed by atoms with Gasteiger partial charge in [0.15, 0.2) is 0 Å². The van der Waals surface area contributed by atoms with E-state index in [1.54, 1.807) is 0 Å². The van der Waals surface area contributed by atoms with E-state index in [1.165, 1.54) is 77.0 Å². The predicted octanol–water partition coefficient (Wildman–Crippen LogP) is 6.42. The van der Waals surface area contributed by atoms with Crippen LogP contribution in [0, 0.1) is 0 Å². The molecule has 0 saturated carbocycles. The Morgan fingerprint density at radius 1 is 0.833 bits per heavy atom. The molecule has 0 amide bonds. The molecule has 0 aromatic rings. The van der Waals surface area contributed by atoms with Crippen LogP contribution < -0.4 is 0 Å². The molecule has 0 aliphatic heterocycles. The smallest absolute Gasteiger partial charge is 0.454 e. The molecule has 0 aliphatic carbocycles. The first-order valence-corrected chi connectivity index (χ1v) is 15.4. The summed E-state index contributed by atoms with van der Waals surface area (Å²) in [6.45, 7) is 6.58. The monoisotopic (exact) mass is 536 g/mol. The molecule has 0 radical (unpaired) electrons. The molecule has 0 heterocycles. The van der Waals surface area contributed by atoms with Crippen LogP contribution in [0.5, 0.6) is 0 Å². The second kappa shape index (κ2) is 22.2. The van der Waals surface area contributed by atoms with Gasteiger partial charge in [-0.25, -0.2) is 9.36 Å². The molecule has 8 nitrogen and oxygen atoms in total. The maximum Gasteiger partial charge on any atom is 0.472 e. The largest absolute Gasteiger partial charge is 0.472 e. The zero-order valence-corrected chi connectivity index (χ0v) is 24.5. The van der Waals surface area contributed by atoms with E-state index < -0.39 is 19.9 Å². The quantitative estimate of drug-likeness (QED) is 0.0448. The number of nitrogens with zero attached hydrogens (tertiary/aromatic N) is 1. The van der Waals surface area contributed by atoms with Crippen LogP contribution in [0.15, 0.2) is 12.7 Å². The molecular formula is C27H55NO7P+. The highest BCUT2D eigenvalue weighted by molar-refractivity contribution is 7.47. The molecule has 1 N–H and O–H groups in total. The lowest BCUT2D eigenvalue weighted by Crippen LogP contribution is -2.37. The lowest BCUT2D eigenvalue weighted by atomic mass is 10.0. The summed E-state index contributed by atoms with van der Waals surface area (Å²) in [6, 6.07) is 0. The summed E-state index contributed by atoms with van der Waals surface area (Å²) in [5.41, 5.74) is 0. The first kappa shape index (κ1) is 35.2. The minimum atomic E-state index is -4.24. The number of hydrogen-bond acceptors (Lipinski definition) is 6. The Kier molecular flexibility index (Phi) is 21.8. The molecule has 0 aromatic heterocycles. The second-order valence-corrected chi connectivity index (χ2v) is 12.0. The number of esters is 1. The van der Waals surface area contributed by atoms with Crippen LogP contribution in [-0.4, -0.2) is 75.6 Å². The molecule has 36 heavy (non-hydrogen) atoms. The molecule has 0 saturated heterocycles. The van der Waals surface area contributed by atoms with Gasteiger partial charge >= 0.3 is 13.8 Å². The van der Waals surface area contributed by atoms with Crippen molar-refractivity contribution < 1.29 is 37.3 Å². The average molecular weight is 537 g/mol. The fraction of sp³-hybridized carbons (Fsp3) is 0.889. The highest BCUT2D eigenvalue weighted by atomic mass is 31.2. The zero-order chi connectivity index (χ0) is 27.1. The number of quaternary nitrogens is 1. The summed E-state index contributed by atoms with van der Waals surface area (Å²) in [4.78, 5) is 21.5. The normalized spacial score (nSPS) is 14.4. The van der Waals surface area contributed by atoms with Gasteiger partial charge in [0.25, 0.3) is 0 Å². The van der Waals surface area contributed by atoms with Crippen LogP contribution in [0.3, 0.4) is 0 Å². The van der Waals surface area contributed by atoms with Gasteiger partial charge in [0.2, 0.25) is 0 Å². The molecule has 0 rings (SSSR count). The molecule has 9 heteroatoms. The van der Waals surface area contributed by atoms with Crippen molar-refractivity contribution in [3.63, 3.8) is 0 Å². The Labute approximate surface area is 220 Å². The Balaban J connectivity index is 3.88. The maximum absolute atomic E-state index is 12.1. The van der Waals surface area contributed by atoms with Crippen molar-refractivity contribution >= 4 is 13.8 Å². The van der Waals surface area contributed by atoms with Crippen molar-refractivity contribution in [3.8, 4) is 0 Å². The van der Waals surface area contributed by atoms with Gasteiger partial charge in [-0.15, -0.1) is 0 Å². The summed E-state index contributed by atoms with van der Waals surface area (Å²) < 4.78 is 33.5.